The number of halogens is 1. The number of hydrogen-bond acceptors (Lipinski definition) is 1. The molecule has 0 unspecified atom stereocenters. The third-order valence-corrected chi connectivity index (χ3v) is 1.82. The van der Waals surface area contributed by atoms with Crippen molar-refractivity contribution in [3.8, 4) is 0 Å². The number of rotatable bonds is 3. The third-order valence-electron chi connectivity index (χ3n) is 0.572. The molecule has 0 aliphatic heterocycles. The summed E-state index contributed by atoms with van der Waals surface area (Å²) in [4.78, 5) is 0. The van der Waals surface area contributed by atoms with Gasteiger partial charge >= 0.3 is 49.2 Å². The van der Waals surface area contributed by atoms with E-state index in [1.165, 1.54) is 12.8 Å². The molecule has 0 aromatic carbocycles. The van der Waals surface area contributed by atoms with Crippen LogP contribution in [0, 0.1) is 0 Å². The Balaban J connectivity index is 2.34. The van der Waals surface area contributed by atoms with E-state index >= 15 is 0 Å². The van der Waals surface area contributed by atoms with Gasteiger partial charge in [0.25, 0.3) is 0 Å². The Morgan fingerprint density at radius 2 is 2.33 bits per heavy atom. The van der Waals surface area contributed by atoms with Crippen molar-refractivity contribution >= 4 is 0 Å². The normalized spacial score (nSPS) is 9.67. The van der Waals surface area contributed by atoms with Crippen LogP contribution < -0.4 is 21.6 Å². The summed E-state index contributed by atoms with van der Waals surface area (Å²) >= 11 is -0.399. The van der Waals surface area contributed by atoms with Gasteiger partial charge in [-0.15, -0.1) is 0 Å². The van der Waals surface area contributed by atoms with Crippen LogP contribution in [0.3, 0.4) is 0 Å². The van der Waals surface area contributed by atoms with Gasteiger partial charge in [0.1, 0.15) is 0 Å². The summed E-state index contributed by atoms with van der Waals surface area (Å²) in [6.07, 6.45) is 2.43. The van der Waals surface area contributed by atoms with Crippen LogP contribution in [0.4, 0.5) is 0 Å². The quantitative estimate of drug-likeness (QED) is 0.311. The number of hydrogen-bond donors (Lipinski definition) is 1. The van der Waals surface area contributed by atoms with Crippen molar-refractivity contribution in [2.75, 3.05) is 4.43 Å². The van der Waals surface area contributed by atoms with Crippen molar-refractivity contribution in [1.29, 1.82) is 0 Å². The van der Waals surface area contributed by atoms with E-state index in [-0.39, 0.29) is 0 Å². The van der Waals surface area contributed by atoms with E-state index in [0.717, 1.165) is 4.43 Å². The molecule has 0 fully saturated rings. The molecular formula is C4H10IO-. The average molecular weight is 201 g/mol. The molecule has 0 aromatic rings. The maximum absolute atomic E-state index is 8.31. The van der Waals surface area contributed by atoms with E-state index in [4.69, 9.17) is 3.44 Å². The van der Waals surface area contributed by atoms with Crippen LogP contribution in [0.5, 0.6) is 0 Å². The van der Waals surface area contributed by atoms with Crippen molar-refractivity contribution in [3.05, 3.63) is 0 Å². The molecule has 0 atom stereocenters. The first kappa shape index (κ1) is 6.69. The van der Waals surface area contributed by atoms with E-state index in [9.17, 15) is 0 Å². The molecule has 0 saturated carbocycles. The summed E-state index contributed by atoms with van der Waals surface area (Å²) in [5.41, 5.74) is 0. The molecule has 0 rings (SSSR count). The SMILES string of the molecule is CCCC[I-]O. The van der Waals surface area contributed by atoms with Gasteiger partial charge in [0, 0.05) is 0 Å². The van der Waals surface area contributed by atoms with E-state index in [0.29, 0.717) is 0 Å². The summed E-state index contributed by atoms with van der Waals surface area (Å²) in [7, 11) is 0. The predicted octanol–water partition coefficient (Wildman–Crippen LogP) is -2.22. The number of unbranched alkanes of at least 4 members (excludes halogenated alkanes) is 1. The van der Waals surface area contributed by atoms with Crippen LogP contribution in [0.1, 0.15) is 19.8 Å². The molecule has 2 heteroatoms. The second-order valence-electron chi connectivity index (χ2n) is 1.16. The molecular weight excluding hydrogens is 191 g/mol. The first-order valence-corrected chi connectivity index (χ1v) is 4.63. The fourth-order valence-electron chi connectivity index (χ4n) is 0.193. The molecule has 0 aliphatic carbocycles. The van der Waals surface area contributed by atoms with Crippen LogP contribution in [-0.2, 0) is 0 Å². The van der Waals surface area contributed by atoms with Crippen LogP contribution in [-0.4, -0.2) is 7.86 Å². The zero-order chi connectivity index (χ0) is 4.83. The van der Waals surface area contributed by atoms with Gasteiger partial charge in [-0.05, 0) is 0 Å². The molecule has 0 radical (unpaired) electrons. The van der Waals surface area contributed by atoms with Crippen molar-refractivity contribution < 1.29 is 25.1 Å². The zero-order valence-corrected chi connectivity index (χ0v) is 6.10. The van der Waals surface area contributed by atoms with Gasteiger partial charge in [-0.3, -0.25) is 0 Å². The van der Waals surface area contributed by atoms with Gasteiger partial charge in [-0.1, -0.05) is 0 Å². The second-order valence-corrected chi connectivity index (χ2v) is 2.92. The molecule has 0 aliphatic rings. The summed E-state index contributed by atoms with van der Waals surface area (Å²) < 4.78 is 9.39. The van der Waals surface area contributed by atoms with E-state index in [2.05, 4.69) is 6.92 Å². The molecule has 1 nitrogen and oxygen atoms in total. The Morgan fingerprint density at radius 3 is 2.50 bits per heavy atom. The topological polar surface area (TPSA) is 20.2 Å². The molecule has 40 valence electrons. The minimum atomic E-state index is -0.399. The molecule has 0 heterocycles. The summed E-state index contributed by atoms with van der Waals surface area (Å²) in [5, 5.41) is 0. The van der Waals surface area contributed by atoms with Crippen LogP contribution in [0.2, 0.25) is 0 Å². The molecule has 6 heavy (non-hydrogen) atoms. The fourth-order valence-corrected chi connectivity index (χ4v) is 1.30. The van der Waals surface area contributed by atoms with Gasteiger partial charge in [-0.2, -0.15) is 0 Å². The van der Waals surface area contributed by atoms with Gasteiger partial charge in [0.05, 0.1) is 0 Å². The Labute approximate surface area is 49.6 Å². The van der Waals surface area contributed by atoms with Crippen LogP contribution >= 0.6 is 0 Å². The Morgan fingerprint density at radius 1 is 1.67 bits per heavy atom. The Bertz CT molecular complexity index is 19.5. The van der Waals surface area contributed by atoms with Gasteiger partial charge in [-0.25, -0.2) is 0 Å². The van der Waals surface area contributed by atoms with Crippen molar-refractivity contribution in [1.82, 2.24) is 0 Å². The standard InChI is InChI=1S/C4H10IO/c1-2-3-4-5-6/h6H,2-4H2,1H3/q-1. The van der Waals surface area contributed by atoms with Crippen molar-refractivity contribution in [3.63, 3.8) is 0 Å². The van der Waals surface area contributed by atoms with Crippen LogP contribution in [0.15, 0.2) is 0 Å². The Kier molecular flexibility index (Phi) is 6.34. The summed E-state index contributed by atoms with van der Waals surface area (Å²) in [6.45, 7) is 2.14. The second kappa shape index (κ2) is 5.69. The van der Waals surface area contributed by atoms with E-state index in [1.807, 2.05) is 0 Å². The first-order chi connectivity index (χ1) is 2.91. The van der Waals surface area contributed by atoms with Crippen molar-refractivity contribution in [2.24, 2.45) is 0 Å². The molecule has 0 amide bonds. The molecule has 0 saturated heterocycles. The monoisotopic (exact) mass is 201 g/mol. The zero-order valence-electron chi connectivity index (χ0n) is 3.95. The van der Waals surface area contributed by atoms with E-state index < -0.39 is 21.6 Å². The summed E-state index contributed by atoms with van der Waals surface area (Å²) in [5.74, 6) is 0. The number of alkyl halides is 1. The maximum atomic E-state index is 8.31. The van der Waals surface area contributed by atoms with Crippen molar-refractivity contribution in [2.45, 2.75) is 19.8 Å². The van der Waals surface area contributed by atoms with Gasteiger partial charge < -0.3 is 0 Å². The molecule has 1 N–H and O–H groups in total. The molecule has 0 bridgehead atoms. The van der Waals surface area contributed by atoms with E-state index in [1.54, 1.807) is 0 Å². The Hall–Kier alpha value is 0.690. The molecule has 0 spiro atoms. The fraction of sp³-hybridized carbons (Fsp3) is 1.00. The minimum absolute atomic E-state index is 0.399. The van der Waals surface area contributed by atoms with Gasteiger partial charge in [0.2, 0.25) is 0 Å². The average Bonchev–Trinajstić information content (AvgIpc) is 1.61. The third kappa shape index (κ3) is 4.69. The summed E-state index contributed by atoms with van der Waals surface area (Å²) in [6, 6.07) is 0. The van der Waals surface area contributed by atoms with Crippen LogP contribution in [0.25, 0.3) is 0 Å². The van der Waals surface area contributed by atoms with Gasteiger partial charge in [0.15, 0.2) is 0 Å². The molecule has 0 aromatic heterocycles. The first-order valence-electron chi connectivity index (χ1n) is 2.14. The predicted molar refractivity (Wildman–Crippen MR) is 22.0 cm³/mol.